The minimum Gasteiger partial charge on any atom is -0.459 e. The lowest BCUT2D eigenvalue weighted by atomic mass is 10.00. The van der Waals surface area contributed by atoms with Crippen molar-refractivity contribution in [1.82, 2.24) is 10.2 Å². The third-order valence-corrected chi connectivity index (χ3v) is 5.76. The first kappa shape index (κ1) is 25.8. The quantitative estimate of drug-likeness (QED) is 0.257. The van der Waals surface area contributed by atoms with Gasteiger partial charge in [-0.1, -0.05) is 35.9 Å². The number of aliphatic imine (C=N–C) groups is 1. The van der Waals surface area contributed by atoms with E-state index in [-0.39, 0.29) is 41.7 Å². The standard InChI is InChI=1S/C26H30N4O3.HI/c1-18-6-11-22(19(2)15-18)24-17-30(12-14-33-24)26(27-3)28-16-20-7-9-21(10-8-20)29-25(31)23-5-4-13-32-23;/h4-11,13,15,24H,12,14,16-17H2,1-3H3,(H,27,28)(H,29,31);1H. The van der Waals surface area contributed by atoms with E-state index in [4.69, 9.17) is 9.15 Å². The summed E-state index contributed by atoms with van der Waals surface area (Å²) in [4.78, 5) is 18.8. The molecule has 0 radical (unpaired) electrons. The smallest absolute Gasteiger partial charge is 0.291 e. The Labute approximate surface area is 217 Å². The summed E-state index contributed by atoms with van der Waals surface area (Å²) in [5.41, 5.74) is 5.55. The first-order chi connectivity index (χ1) is 16.0. The van der Waals surface area contributed by atoms with E-state index in [1.807, 2.05) is 24.3 Å². The average Bonchev–Trinajstić information content (AvgIpc) is 3.36. The second-order valence-electron chi connectivity index (χ2n) is 8.19. The number of anilines is 1. The van der Waals surface area contributed by atoms with Gasteiger partial charge in [0.25, 0.3) is 5.91 Å². The predicted molar refractivity (Wildman–Crippen MR) is 145 cm³/mol. The number of carbonyl (C=O) groups excluding carboxylic acids is 1. The van der Waals surface area contributed by atoms with Crippen molar-refractivity contribution in [1.29, 1.82) is 0 Å². The zero-order valence-electron chi connectivity index (χ0n) is 19.7. The minimum absolute atomic E-state index is 0. The summed E-state index contributed by atoms with van der Waals surface area (Å²) in [6, 6.07) is 17.6. The molecule has 2 aromatic carbocycles. The summed E-state index contributed by atoms with van der Waals surface area (Å²) in [6.07, 6.45) is 1.50. The minimum atomic E-state index is -0.267. The van der Waals surface area contributed by atoms with Crippen LogP contribution in [-0.4, -0.2) is 43.5 Å². The number of amides is 1. The van der Waals surface area contributed by atoms with Crippen molar-refractivity contribution in [2.75, 3.05) is 32.1 Å². The Morgan fingerprint density at radius 1 is 1.15 bits per heavy atom. The highest BCUT2D eigenvalue weighted by atomic mass is 127. The van der Waals surface area contributed by atoms with Gasteiger partial charge < -0.3 is 24.7 Å². The molecule has 1 aliphatic rings. The molecule has 1 atom stereocenters. The Kier molecular flexibility index (Phi) is 9.12. The molecule has 7 nitrogen and oxygen atoms in total. The highest BCUT2D eigenvalue weighted by Gasteiger charge is 2.25. The predicted octanol–water partition coefficient (Wildman–Crippen LogP) is 4.92. The van der Waals surface area contributed by atoms with Crippen molar-refractivity contribution in [3.63, 3.8) is 0 Å². The maximum Gasteiger partial charge on any atom is 0.291 e. The number of halogens is 1. The number of morpholine rings is 1. The van der Waals surface area contributed by atoms with Crippen molar-refractivity contribution in [3.8, 4) is 0 Å². The molecule has 34 heavy (non-hydrogen) atoms. The fraction of sp³-hybridized carbons (Fsp3) is 0.308. The van der Waals surface area contributed by atoms with Crippen LogP contribution in [0.3, 0.4) is 0 Å². The second kappa shape index (κ2) is 12.0. The summed E-state index contributed by atoms with van der Waals surface area (Å²) in [5, 5.41) is 6.28. The van der Waals surface area contributed by atoms with Crippen molar-refractivity contribution in [2.24, 2.45) is 4.99 Å². The number of carbonyl (C=O) groups is 1. The molecule has 0 aliphatic carbocycles. The van der Waals surface area contributed by atoms with Gasteiger partial charge in [0, 0.05) is 25.8 Å². The molecule has 1 saturated heterocycles. The van der Waals surface area contributed by atoms with Gasteiger partial charge >= 0.3 is 0 Å². The van der Waals surface area contributed by atoms with Crippen LogP contribution in [0.5, 0.6) is 0 Å². The fourth-order valence-electron chi connectivity index (χ4n) is 4.04. The molecule has 1 unspecified atom stereocenters. The third-order valence-electron chi connectivity index (χ3n) is 5.76. The Morgan fingerprint density at radius 2 is 1.94 bits per heavy atom. The molecular formula is C26H31IN4O3. The molecule has 2 N–H and O–H groups in total. The van der Waals surface area contributed by atoms with Crippen LogP contribution in [-0.2, 0) is 11.3 Å². The maximum atomic E-state index is 12.1. The van der Waals surface area contributed by atoms with Gasteiger partial charge in [-0.05, 0) is 54.8 Å². The molecule has 4 rings (SSSR count). The monoisotopic (exact) mass is 574 g/mol. The number of furan rings is 1. The SMILES string of the molecule is CN=C(NCc1ccc(NC(=O)c2ccco2)cc1)N1CCOC(c2ccc(C)cc2C)C1.I. The number of hydrogen-bond acceptors (Lipinski definition) is 4. The van der Waals surface area contributed by atoms with E-state index in [1.54, 1.807) is 19.2 Å². The number of ether oxygens (including phenoxy) is 1. The Balaban J connectivity index is 0.00000324. The van der Waals surface area contributed by atoms with Crippen LogP contribution < -0.4 is 10.6 Å². The van der Waals surface area contributed by atoms with E-state index in [0.29, 0.717) is 18.8 Å². The van der Waals surface area contributed by atoms with Gasteiger partial charge in [0.05, 0.1) is 19.4 Å². The Hall–Kier alpha value is -2.85. The first-order valence-corrected chi connectivity index (χ1v) is 11.1. The van der Waals surface area contributed by atoms with Crippen LogP contribution in [0, 0.1) is 13.8 Å². The molecule has 3 aromatic rings. The van der Waals surface area contributed by atoms with Crippen molar-refractivity contribution in [2.45, 2.75) is 26.5 Å². The molecule has 1 aliphatic heterocycles. The van der Waals surface area contributed by atoms with E-state index < -0.39 is 0 Å². The summed E-state index contributed by atoms with van der Waals surface area (Å²) in [7, 11) is 1.80. The van der Waals surface area contributed by atoms with Gasteiger partial charge in [-0.3, -0.25) is 9.79 Å². The van der Waals surface area contributed by atoms with Crippen molar-refractivity contribution in [3.05, 3.63) is 88.9 Å². The highest BCUT2D eigenvalue weighted by molar-refractivity contribution is 14.0. The number of rotatable bonds is 5. The zero-order valence-corrected chi connectivity index (χ0v) is 22.0. The molecule has 0 bridgehead atoms. The van der Waals surface area contributed by atoms with Crippen LogP contribution >= 0.6 is 24.0 Å². The van der Waals surface area contributed by atoms with Gasteiger partial charge in [-0.15, -0.1) is 24.0 Å². The van der Waals surface area contributed by atoms with Gasteiger partial charge in [0.2, 0.25) is 0 Å². The number of nitrogens with zero attached hydrogens (tertiary/aromatic N) is 2. The van der Waals surface area contributed by atoms with E-state index in [9.17, 15) is 4.79 Å². The Morgan fingerprint density at radius 3 is 2.62 bits per heavy atom. The lowest BCUT2D eigenvalue weighted by molar-refractivity contribution is -0.00834. The molecule has 180 valence electrons. The van der Waals surface area contributed by atoms with E-state index >= 15 is 0 Å². The second-order valence-corrected chi connectivity index (χ2v) is 8.19. The molecular weight excluding hydrogens is 543 g/mol. The lowest BCUT2D eigenvalue weighted by Gasteiger charge is -2.36. The summed E-state index contributed by atoms with van der Waals surface area (Å²) < 4.78 is 11.2. The molecule has 1 aromatic heterocycles. The van der Waals surface area contributed by atoms with Gasteiger partial charge in [-0.25, -0.2) is 0 Å². The molecule has 8 heteroatoms. The molecule has 1 amide bonds. The Bertz CT molecular complexity index is 1110. The van der Waals surface area contributed by atoms with Crippen LogP contribution in [0.2, 0.25) is 0 Å². The molecule has 2 heterocycles. The third kappa shape index (κ3) is 6.38. The van der Waals surface area contributed by atoms with Crippen molar-refractivity contribution < 1.29 is 13.9 Å². The highest BCUT2D eigenvalue weighted by Crippen LogP contribution is 2.26. The fourth-order valence-corrected chi connectivity index (χ4v) is 4.04. The summed E-state index contributed by atoms with van der Waals surface area (Å²) in [6.45, 7) is 7.07. The first-order valence-electron chi connectivity index (χ1n) is 11.1. The average molecular weight is 574 g/mol. The van der Waals surface area contributed by atoms with Gasteiger partial charge in [-0.2, -0.15) is 0 Å². The number of guanidine groups is 1. The zero-order chi connectivity index (χ0) is 23.2. The van der Waals surface area contributed by atoms with Gasteiger partial charge in [0.1, 0.15) is 6.10 Å². The van der Waals surface area contributed by atoms with Crippen LogP contribution in [0.1, 0.15) is 38.9 Å². The summed E-state index contributed by atoms with van der Waals surface area (Å²) in [5.74, 6) is 0.870. The van der Waals surface area contributed by atoms with Crippen LogP contribution in [0.4, 0.5) is 5.69 Å². The number of aryl methyl sites for hydroxylation is 2. The largest absolute Gasteiger partial charge is 0.459 e. The number of benzene rings is 2. The van der Waals surface area contributed by atoms with E-state index in [2.05, 4.69) is 52.6 Å². The summed E-state index contributed by atoms with van der Waals surface area (Å²) >= 11 is 0. The molecule has 0 saturated carbocycles. The molecule has 1 fully saturated rings. The maximum absolute atomic E-state index is 12.1. The lowest BCUT2D eigenvalue weighted by Crippen LogP contribution is -2.48. The van der Waals surface area contributed by atoms with Gasteiger partial charge in [0.15, 0.2) is 11.7 Å². The van der Waals surface area contributed by atoms with Crippen LogP contribution in [0.15, 0.2) is 70.3 Å². The van der Waals surface area contributed by atoms with Crippen LogP contribution in [0.25, 0.3) is 0 Å². The topological polar surface area (TPSA) is 79.1 Å². The van der Waals surface area contributed by atoms with Crippen molar-refractivity contribution >= 4 is 41.5 Å². The normalized spacial score (nSPS) is 16.0. The molecule has 0 spiro atoms. The van der Waals surface area contributed by atoms with E-state index in [0.717, 1.165) is 24.6 Å². The van der Waals surface area contributed by atoms with E-state index in [1.165, 1.54) is 23.0 Å². The number of nitrogens with one attached hydrogen (secondary N) is 2. The number of hydrogen-bond donors (Lipinski definition) is 2.